The SMILES string of the molecule is COc1nccnc1NCCC(=O)Nc1cccc(C)c1. The van der Waals surface area contributed by atoms with Crippen molar-refractivity contribution in [2.75, 3.05) is 24.3 Å². The molecule has 0 aliphatic rings. The molecule has 6 nitrogen and oxygen atoms in total. The summed E-state index contributed by atoms with van der Waals surface area (Å²) in [6, 6.07) is 7.69. The molecule has 2 N–H and O–H groups in total. The lowest BCUT2D eigenvalue weighted by molar-refractivity contribution is -0.115. The first-order chi connectivity index (χ1) is 10.2. The minimum atomic E-state index is -0.0593. The molecule has 1 aromatic carbocycles. The summed E-state index contributed by atoms with van der Waals surface area (Å²) in [6.07, 6.45) is 3.44. The number of carbonyl (C=O) groups excluding carboxylic acids is 1. The zero-order valence-electron chi connectivity index (χ0n) is 12.1. The number of rotatable bonds is 6. The van der Waals surface area contributed by atoms with Crippen molar-refractivity contribution in [3.05, 3.63) is 42.2 Å². The molecule has 2 rings (SSSR count). The fraction of sp³-hybridized carbons (Fsp3) is 0.267. The van der Waals surface area contributed by atoms with E-state index in [1.807, 2.05) is 31.2 Å². The predicted molar refractivity (Wildman–Crippen MR) is 81.5 cm³/mol. The Morgan fingerprint density at radius 3 is 2.86 bits per heavy atom. The predicted octanol–water partition coefficient (Wildman–Crippen LogP) is 2.23. The molecule has 0 atom stereocenters. The van der Waals surface area contributed by atoms with Crippen LogP contribution in [0.15, 0.2) is 36.7 Å². The topological polar surface area (TPSA) is 76.1 Å². The van der Waals surface area contributed by atoms with Crippen molar-refractivity contribution in [1.82, 2.24) is 9.97 Å². The van der Waals surface area contributed by atoms with Crippen LogP contribution in [0.2, 0.25) is 0 Å². The molecular weight excluding hydrogens is 268 g/mol. The van der Waals surface area contributed by atoms with Gasteiger partial charge in [0.05, 0.1) is 7.11 Å². The van der Waals surface area contributed by atoms with Gasteiger partial charge in [-0.3, -0.25) is 4.79 Å². The molecule has 0 bridgehead atoms. The highest BCUT2D eigenvalue weighted by Gasteiger charge is 2.06. The van der Waals surface area contributed by atoms with E-state index in [0.29, 0.717) is 24.7 Å². The van der Waals surface area contributed by atoms with Gasteiger partial charge in [-0.25, -0.2) is 9.97 Å². The Bertz CT molecular complexity index is 616. The molecule has 0 unspecified atom stereocenters. The van der Waals surface area contributed by atoms with Gasteiger partial charge >= 0.3 is 0 Å². The maximum Gasteiger partial charge on any atom is 0.257 e. The lowest BCUT2D eigenvalue weighted by atomic mass is 10.2. The second-order valence-corrected chi connectivity index (χ2v) is 4.51. The number of ether oxygens (including phenoxy) is 1. The van der Waals surface area contributed by atoms with Crippen LogP contribution in [0.3, 0.4) is 0 Å². The lowest BCUT2D eigenvalue weighted by Crippen LogP contribution is -2.17. The van der Waals surface area contributed by atoms with Crippen molar-refractivity contribution in [3.8, 4) is 5.88 Å². The zero-order valence-corrected chi connectivity index (χ0v) is 12.1. The van der Waals surface area contributed by atoms with Gasteiger partial charge in [0.2, 0.25) is 5.91 Å². The van der Waals surface area contributed by atoms with Gasteiger partial charge in [-0.15, -0.1) is 0 Å². The largest absolute Gasteiger partial charge is 0.478 e. The van der Waals surface area contributed by atoms with Gasteiger partial charge in [0.15, 0.2) is 5.82 Å². The van der Waals surface area contributed by atoms with Crippen LogP contribution in [0.4, 0.5) is 11.5 Å². The molecule has 21 heavy (non-hydrogen) atoms. The minimum absolute atomic E-state index is 0.0593. The molecule has 0 aliphatic carbocycles. The molecule has 1 heterocycles. The average molecular weight is 286 g/mol. The fourth-order valence-electron chi connectivity index (χ4n) is 1.84. The van der Waals surface area contributed by atoms with Gasteiger partial charge in [0.1, 0.15) is 0 Å². The standard InChI is InChI=1S/C15H18N4O2/c1-11-4-3-5-12(10-11)19-13(20)6-7-16-14-15(21-2)18-9-8-17-14/h3-5,8-10H,6-7H2,1-2H3,(H,16,17)(H,19,20). The number of nitrogens with zero attached hydrogens (tertiary/aromatic N) is 2. The number of hydrogen-bond donors (Lipinski definition) is 2. The van der Waals surface area contributed by atoms with E-state index in [4.69, 9.17) is 4.74 Å². The summed E-state index contributed by atoms with van der Waals surface area (Å²) >= 11 is 0. The first-order valence-corrected chi connectivity index (χ1v) is 6.64. The van der Waals surface area contributed by atoms with Gasteiger partial charge < -0.3 is 15.4 Å². The summed E-state index contributed by atoms with van der Waals surface area (Å²) < 4.78 is 5.08. The molecule has 6 heteroatoms. The van der Waals surface area contributed by atoms with Crippen molar-refractivity contribution in [2.24, 2.45) is 0 Å². The maximum atomic E-state index is 11.9. The average Bonchev–Trinajstić information content (AvgIpc) is 2.47. The van der Waals surface area contributed by atoms with Crippen LogP contribution in [-0.2, 0) is 4.79 Å². The Morgan fingerprint density at radius 2 is 2.10 bits per heavy atom. The lowest BCUT2D eigenvalue weighted by Gasteiger charge is -2.09. The normalized spacial score (nSPS) is 10.0. The van der Waals surface area contributed by atoms with E-state index in [1.54, 1.807) is 12.4 Å². The van der Waals surface area contributed by atoms with E-state index in [9.17, 15) is 4.79 Å². The van der Waals surface area contributed by atoms with E-state index in [1.165, 1.54) is 7.11 Å². The van der Waals surface area contributed by atoms with Crippen molar-refractivity contribution in [2.45, 2.75) is 13.3 Å². The number of carbonyl (C=O) groups is 1. The first-order valence-electron chi connectivity index (χ1n) is 6.64. The van der Waals surface area contributed by atoms with Crippen LogP contribution in [0.5, 0.6) is 5.88 Å². The van der Waals surface area contributed by atoms with Crippen molar-refractivity contribution >= 4 is 17.4 Å². The molecule has 2 aromatic rings. The van der Waals surface area contributed by atoms with Gasteiger partial charge in [0.25, 0.3) is 5.88 Å². The molecule has 0 aliphatic heterocycles. The summed E-state index contributed by atoms with van der Waals surface area (Å²) in [6.45, 7) is 2.43. The summed E-state index contributed by atoms with van der Waals surface area (Å²) in [5.41, 5.74) is 1.91. The van der Waals surface area contributed by atoms with Gasteiger partial charge in [-0.05, 0) is 24.6 Å². The number of amides is 1. The first kappa shape index (κ1) is 14.8. The highest BCUT2D eigenvalue weighted by Crippen LogP contribution is 2.16. The molecule has 0 spiro atoms. The molecule has 0 radical (unpaired) electrons. The quantitative estimate of drug-likeness (QED) is 0.851. The van der Waals surface area contributed by atoms with Gasteiger partial charge in [-0.2, -0.15) is 0 Å². The van der Waals surface area contributed by atoms with E-state index in [-0.39, 0.29) is 5.91 Å². The third-order valence-electron chi connectivity index (χ3n) is 2.80. The van der Waals surface area contributed by atoms with E-state index < -0.39 is 0 Å². The Balaban J connectivity index is 1.82. The summed E-state index contributed by atoms with van der Waals surface area (Å²) in [7, 11) is 1.53. The van der Waals surface area contributed by atoms with Gasteiger partial charge in [-0.1, -0.05) is 12.1 Å². The van der Waals surface area contributed by atoms with E-state index in [2.05, 4.69) is 20.6 Å². The molecule has 110 valence electrons. The third-order valence-corrected chi connectivity index (χ3v) is 2.80. The Labute approximate surface area is 123 Å². The molecule has 0 fully saturated rings. The Hall–Kier alpha value is -2.63. The van der Waals surface area contributed by atoms with Crippen LogP contribution in [-0.4, -0.2) is 29.5 Å². The smallest absolute Gasteiger partial charge is 0.257 e. The van der Waals surface area contributed by atoms with Crippen LogP contribution in [0.1, 0.15) is 12.0 Å². The maximum absolute atomic E-state index is 11.9. The summed E-state index contributed by atoms with van der Waals surface area (Å²) in [5, 5.41) is 5.88. The monoisotopic (exact) mass is 286 g/mol. The molecular formula is C15H18N4O2. The number of aromatic nitrogens is 2. The highest BCUT2D eigenvalue weighted by molar-refractivity contribution is 5.91. The molecule has 0 saturated heterocycles. The third kappa shape index (κ3) is 4.45. The van der Waals surface area contributed by atoms with Crippen LogP contribution in [0.25, 0.3) is 0 Å². The summed E-state index contributed by atoms with van der Waals surface area (Å²) in [4.78, 5) is 20.0. The van der Waals surface area contributed by atoms with Gasteiger partial charge in [0, 0.05) is 31.0 Å². The van der Waals surface area contributed by atoms with Crippen molar-refractivity contribution in [3.63, 3.8) is 0 Å². The number of aryl methyl sites for hydroxylation is 1. The van der Waals surface area contributed by atoms with Crippen molar-refractivity contribution in [1.29, 1.82) is 0 Å². The fourth-order valence-corrected chi connectivity index (χ4v) is 1.84. The molecule has 1 amide bonds. The number of hydrogen-bond acceptors (Lipinski definition) is 5. The highest BCUT2D eigenvalue weighted by atomic mass is 16.5. The number of nitrogens with one attached hydrogen (secondary N) is 2. The Morgan fingerprint density at radius 1 is 1.29 bits per heavy atom. The minimum Gasteiger partial charge on any atom is -0.478 e. The zero-order chi connectivity index (χ0) is 15.1. The Kier molecular flexibility index (Phi) is 5.09. The van der Waals surface area contributed by atoms with Crippen LogP contribution < -0.4 is 15.4 Å². The second-order valence-electron chi connectivity index (χ2n) is 4.51. The molecule has 0 saturated carbocycles. The number of methoxy groups -OCH3 is 1. The number of benzene rings is 1. The van der Waals surface area contributed by atoms with E-state index in [0.717, 1.165) is 11.3 Å². The van der Waals surface area contributed by atoms with Crippen molar-refractivity contribution < 1.29 is 9.53 Å². The molecule has 1 aromatic heterocycles. The van der Waals surface area contributed by atoms with Crippen LogP contribution in [0, 0.1) is 6.92 Å². The van der Waals surface area contributed by atoms with Crippen LogP contribution >= 0.6 is 0 Å². The second kappa shape index (κ2) is 7.23. The van der Waals surface area contributed by atoms with E-state index >= 15 is 0 Å². The number of anilines is 2. The summed E-state index contributed by atoms with van der Waals surface area (Å²) in [5.74, 6) is 0.885.